The van der Waals surface area contributed by atoms with Crippen LogP contribution in [0, 0.1) is 6.92 Å². The first kappa shape index (κ1) is 15.7. The van der Waals surface area contributed by atoms with Crippen molar-refractivity contribution in [3.05, 3.63) is 52.3 Å². The molecule has 23 heavy (non-hydrogen) atoms. The van der Waals surface area contributed by atoms with Crippen LogP contribution in [0.1, 0.15) is 53.5 Å². The van der Waals surface area contributed by atoms with Crippen LogP contribution in [0.4, 0.5) is 0 Å². The summed E-state index contributed by atoms with van der Waals surface area (Å²) in [5.41, 5.74) is 5.21. The molecule has 1 amide bonds. The van der Waals surface area contributed by atoms with Gasteiger partial charge in [-0.1, -0.05) is 18.2 Å². The van der Waals surface area contributed by atoms with Crippen LogP contribution >= 0.6 is 0 Å². The number of carbonyl (C=O) groups is 1. The number of carbonyl (C=O) groups excluding carboxylic acids is 1. The molecule has 2 N–H and O–H groups in total. The lowest BCUT2D eigenvalue weighted by Gasteiger charge is -2.21. The summed E-state index contributed by atoms with van der Waals surface area (Å²) in [7, 11) is 0. The van der Waals surface area contributed by atoms with Crippen LogP contribution in [0.3, 0.4) is 0 Å². The maximum atomic E-state index is 12.4. The standard InChI is InChI=1S/C18H24N4O/c1-12-16(11-21-22(12)18(2,3)4)17(23)20-8-13-5-6-14-9-19-10-15(14)7-13/h5-7,11,19H,8-10H2,1-4H3,(H,20,23). The van der Waals surface area contributed by atoms with Crippen LogP contribution < -0.4 is 10.6 Å². The number of rotatable bonds is 3. The summed E-state index contributed by atoms with van der Waals surface area (Å²) in [5, 5.41) is 10.7. The number of fused-ring (bicyclic) bond motifs is 1. The molecule has 1 aromatic heterocycles. The first-order chi connectivity index (χ1) is 10.9. The maximum absolute atomic E-state index is 12.4. The third-order valence-electron chi connectivity index (χ3n) is 4.24. The number of amides is 1. The third-order valence-corrected chi connectivity index (χ3v) is 4.24. The summed E-state index contributed by atoms with van der Waals surface area (Å²) >= 11 is 0. The summed E-state index contributed by atoms with van der Waals surface area (Å²) in [6.45, 7) is 10.6. The molecule has 0 aliphatic carbocycles. The largest absolute Gasteiger partial charge is 0.348 e. The molecule has 2 aromatic rings. The van der Waals surface area contributed by atoms with Crippen molar-refractivity contribution in [3.8, 4) is 0 Å². The van der Waals surface area contributed by atoms with E-state index in [1.807, 2.05) is 11.6 Å². The van der Waals surface area contributed by atoms with Gasteiger partial charge in [-0.05, 0) is 44.4 Å². The highest BCUT2D eigenvalue weighted by Gasteiger charge is 2.21. The lowest BCUT2D eigenvalue weighted by atomic mass is 10.1. The van der Waals surface area contributed by atoms with E-state index in [-0.39, 0.29) is 11.4 Å². The van der Waals surface area contributed by atoms with E-state index in [1.165, 1.54) is 11.1 Å². The van der Waals surface area contributed by atoms with Crippen LogP contribution in [-0.4, -0.2) is 15.7 Å². The molecule has 0 fully saturated rings. The minimum Gasteiger partial charge on any atom is -0.348 e. The molecule has 0 spiro atoms. The highest BCUT2D eigenvalue weighted by Crippen LogP contribution is 2.19. The smallest absolute Gasteiger partial charge is 0.255 e. The van der Waals surface area contributed by atoms with Crippen LogP contribution in [0.15, 0.2) is 24.4 Å². The predicted molar refractivity (Wildman–Crippen MR) is 90.1 cm³/mol. The molecule has 2 heterocycles. The van der Waals surface area contributed by atoms with Crippen molar-refractivity contribution in [2.75, 3.05) is 0 Å². The van der Waals surface area contributed by atoms with Gasteiger partial charge in [-0.15, -0.1) is 0 Å². The molecule has 5 nitrogen and oxygen atoms in total. The predicted octanol–water partition coefficient (Wildman–Crippen LogP) is 2.48. The van der Waals surface area contributed by atoms with Gasteiger partial charge in [0, 0.05) is 25.3 Å². The molecular formula is C18H24N4O. The normalized spacial score (nSPS) is 13.9. The number of nitrogens with one attached hydrogen (secondary N) is 2. The average molecular weight is 312 g/mol. The number of benzene rings is 1. The zero-order chi connectivity index (χ0) is 16.6. The van der Waals surface area contributed by atoms with Crippen molar-refractivity contribution in [3.63, 3.8) is 0 Å². The molecule has 122 valence electrons. The summed E-state index contributed by atoms with van der Waals surface area (Å²) < 4.78 is 1.89. The Labute approximate surface area is 137 Å². The van der Waals surface area contributed by atoms with Crippen LogP contribution in [0.5, 0.6) is 0 Å². The molecular weight excluding hydrogens is 288 g/mol. The molecule has 5 heteroatoms. The highest BCUT2D eigenvalue weighted by atomic mass is 16.1. The topological polar surface area (TPSA) is 59.0 Å². The van der Waals surface area contributed by atoms with Gasteiger partial charge in [-0.2, -0.15) is 5.10 Å². The molecule has 1 aliphatic heterocycles. The summed E-state index contributed by atoms with van der Waals surface area (Å²) in [6, 6.07) is 6.39. The Kier molecular flexibility index (Phi) is 3.98. The van der Waals surface area contributed by atoms with E-state index >= 15 is 0 Å². The molecule has 0 radical (unpaired) electrons. The van der Waals surface area contributed by atoms with Crippen molar-refractivity contribution in [1.82, 2.24) is 20.4 Å². The van der Waals surface area contributed by atoms with Crippen LogP contribution in [0.25, 0.3) is 0 Å². The van der Waals surface area contributed by atoms with Gasteiger partial charge in [-0.25, -0.2) is 0 Å². The van der Waals surface area contributed by atoms with Gasteiger partial charge in [0.2, 0.25) is 0 Å². The minimum atomic E-state index is -0.129. The van der Waals surface area contributed by atoms with E-state index in [2.05, 4.69) is 54.7 Å². The molecule has 0 atom stereocenters. The van der Waals surface area contributed by atoms with E-state index in [0.717, 1.165) is 24.3 Å². The Balaban J connectivity index is 1.69. The molecule has 1 aliphatic rings. The van der Waals surface area contributed by atoms with E-state index in [4.69, 9.17) is 0 Å². The van der Waals surface area contributed by atoms with Crippen molar-refractivity contribution in [2.24, 2.45) is 0 Å². The third kappa shape index (κ3) is 3.15. The van der Waals surface area contributed by atoms with E-state index in [9.17, 15) is 4.79 Å². The van der Waals surface area contributed by atoms with Crippen LogP contribution in [0.2, 0.25) is 0 Å². The van der Waals surface area contributed by atoms with Crippen molar-refractivity contribution in [2.45, 2.75) is 52.9 Å². The molecule has 1 aromatic carbocycles. The van der Waals surface area contributed by atoms with Gasteiger partial charge in [0.25, 0.3) is 5.91 Å². The molecule has 3 rings (SSSR count). The second-order valence-electron chi connectivity index (χ2n) is 7.12. The van der Waals surface area contributed by atoms with E-state index < -0.39 is 0 Å². The summed E-state index contributed by atoms with van der Waals surface area (Å²) in [5.74, 6) is -0.0726. The molecule has 0 bridgehead atoms. The zero-order valence-corrected chi connectivity index (χ0v) is 14.2. The van der Waals surface area contributed by atoms with Crippen molar-refractivity contribution >= 4 is 5.91 Å². The van der Waals surface area contributed by atoms with Crippen molar-refractivity contribution in [1.29, 1.82) is 0 Å². The first-order valence-electron chi connectivity index (χ1n) is 8.01. The SMILES string of the molecule is Cc1c(C(=O)NCc2ccc3c(c2)CNC3)cnn1C(C)(C)C. The van der Waals surface area contributed by atoms with Gasteiger partial charge in [-0.3, -0.25) is 9.48 Å². The number of hydrogen-bond donors (Lipinski definition) is 2. The van der Waals surface area contributed by atoms with Gasteiger partial charge < -0.3 is 10.6 Å². The fourth-order valence-corrected chi connectivity index (χ4v) is 3.04. The van der Waals surface area contributed by atoms with Gasteiger partial charge in [0.1, 0.15) is 0 Å². The number of aromatic nitrogens is 2. The van der Waals surface area contributed by atoms with Crippen molar-refractivity contribution < 1.29 is 4.79 Å². The minimum absolute atomic E-state index is 0.0726. The van der Waals surface area contributed by atoms with Crippen LogP contribution in [-0.2, 0) is 25.2 Å². The Morgan fingerprint density at radius 1 is 1.30 bits per heavy atom. The fourth-order valence-electron chi connectivity index (χ4n) is 3.04. The fraction of sp³-hybridized carbons (Fsp3) is 0.444. The monoisotopic (exact) mass is 312 g/mol. The second kappa shape index (κ2) is 5.81. The Morgan fingerprint density at radius 3 is 2.74 bits per heavy atom. The lowest BCUT2D eigenvalue weighted by molar-refractivity contribution is 0.0950. The maximum Gasteiger partial charge on any atom is 0.255 e. The van der Waals surface area contributed by atoms with Gasteiger partial charge in [0.05, 0.1) is 17.3 Å². The highest BCUT2D eigenvalue weighted by molar-refractivity contribution is 5.95. The van der Waals surface area contributed by atoms with E-state index in [0.29, 0.717) is 12.1 Å². The lowest BCUT2D eigenvalue weighted by Crippen LogP contribution is -2.26. The average Bonchev–Trinajstić information content (AvgIpc) is 3.09. The Morgan fingerprint density at radius 2 is 2.04 bits per heavy atom. The zero-order valence-electron chi connectivity index (χ0n) is 14.2. The van der Waals surface area contributed by atoms with E-state index in [1.54, 1.807) is 6.20 Å². The van der Waals surface area contributed by atoms with Gasteiger partial charge >= 0.3 is 0 Å². The molecule has 0 unspecified atom stereocenters. The second-order valence-corrected chi connectivity index (χ2v) is 7.12. The Bertz CT molecular complexity index is 740. The summed E-state index contributed by atoms with van der Waals surface area (Å²) in [6.07, 6.45) is 1.66. The molecule has 0 saturated carbocycles. The summed E-state index contributed by atoms with van der Waals surface area (Å²) in [4.78, 5) is 12.4. The first-order valence-corrected chi connectivity index (χ1v) is 8.01. The number of nitrogens with zero attached hydrogens (tertiary/aromatic N) is 2. The van der Waals surface area contributed by atoms with Gasteiger partial charge in [0.15, 0.2) is 0 Å². The molecule has 0 saturated heterocycles. The Hall–Kier alpha value is -2.14. The number of hydrogen-bond acceptors (Lipinski definition) is 3. The quantitative estimate of drug-likeness (QED) is 0.915.